The van der Waals surface area contributed by atoms with E-state index in [0.717, 1.165) is 74.1 Å². The van der Waals surface area contributed by atoms with Gasteiger partial charge in [-0.1, -0.05) is 11.2 Å². The number of hydrogen-bond acceptors (Lipinski definition) is 6. The van der Waals surface area contributed by atoms with E-state index in [1.807, 2.05) is 35.2 Å². The van der Waals surface area contributed by atoms with Gasteiger partial charge in [0, 0.05) is 41.2 Å². The molecule has 0 spiro atoms. The fourth-order valence-corrected chi connectivity index (χ4v) is 8.34. The molecule has 0 unspecified atom stereocenters. The minimum Gasteiger partial charge on any atom is -0.334 e. The lowest BCUT2D eigenvalue weighted by Crippen LogP contribution is -2.52. The molecule has 9 heteroatoms. The van der Waals surface area contributed by atoms with Crippen LogP contribution in [0, 0.1) is 17.3 Å². The van der Waals surface area contributed by atoms with Crippen molar-refractivity contribution in [2.75, 3.05) is 11.4 Å². The molecule has 4 bridgehead atoms. The molecule has 0 aliphatic heterocycles. The molecule has 208 valence electrons. The molecular weight excluding hydrogens is 529 g/mol. The number of carbonyl (C=O) groups excluding carboxylic acids is 1. The van der Waals surface area contributed by atoms with E-state index < -0.39 is 5.67 Å². The van der Waals surface area contributed by atoms with Gasteiger partial charge in [0.1, 0.15) is 5.67 Å². The Morgan fingerprint density at radius 3 is 2.50 bits per heavy atom. The van der Waals surface area contributed by atoms with Crippen LogP contribution in [0.25, 0.3) is 11.5 Å². The number of hydrogen-bond donors (Lipinski definition) is 0. The number of alkyl halides is 1. The van der Waals surface area contributed by atoms with Gasteiger partial charge in [0.05, 0.1) is 5.69 Å². The van der Waals surface area contributed by atoms with E-state index in [4.69, 9.17) is 16.1 Å². The zero-order valence-corrected chi connectivity index (χ0v) is 23.2. The van der Waals surface area contributed by atoms with Gasteiger partial charge in [-0.3, -0.25) is 4.79 Å². The van der Waals surface area contributed by atoms with Gasteiger partial charge >= 0.3 is 0 Å². The van der Waals surface area contributed by atoms with Crippen LogP contribution in [0.4, 0.5) is 10.1 Å². The number of amides is 1. The average Bonchev–Trinajstić information content (AvgIpc) is 3.45. The van der Waals surface area contributed by atoms with Gasteiger partial charge in [-0.25, -0.2) is 14.4 Å². The molecule has 40 heavy (non-hydrogen) atoms. The Hall–Kier alpha value is -2.87. The lowest BCUT2D eigenvalue weighted by molar-refractivity contribution is -0.123. The summed E-state index contributed by atoms with van der Waals surface area (Å²) in [4.78, 5) is 29.5. The van der Waals surface area contributed by atoms with Crippen molar-refractivity contribution in [2.24, 2.45) is 17.3 Å². The second-order valence-electron chi connectivity index (χ2n) is 13.3. The van der Waals surface area contributed by atoms with Crippen molar-refractivity contribution in [2.45, 2.75) is 87.6 Å². The van der Waals surface area contributed by atoms with Gasteiger partial charge < -0.3 is 9.42 Å². The molecule has 0 N–H and O–H groups in total. The van der Waals surface area contributed by atoms with Crippen LogP contribution in [0.15, 0.2) is 41.1 Å². The summed E-state index contributed by atoms with van der Waals surface area (Å²) in [6.07, 6.45) is 11.5. The SMILES string of the molecule is O=C([C@H]1CC2(F)CC1C2)N(CC12CCC(c3ccnc(Cl)n3)(CC1)CC2)c1cccc(-c2nc(C3CC3)no2)c1. The van der Waals surface area contributed by atoms with E-state index in [-0.39, 0.29) is 28.6 Å². The highest BCUT2D eigenvalue weighted by molar-refractivity contribution is 6.28. The highest BCUT2D eigenvalue weighted by Crippen LogP contribution is 2.60. The molecule has 1 atom stereocenters. The molecule has 7 aliphatic rings. The number of carbonyl (C=O) groups is 1. The van der Waals surface area contributed by atoms with Crippen LogP contribution in [0.2, 0.25) is 5.28 Å². The van der Waals surface area contributed by atoms with Crippen LogP contribution in [-0.4, -0.2) is 38.2 Å². The number of anilines is 1. The predicted molar refractivity (Wildman–Crippen MR) is 148 cm³/mol. The van der Waals surface area contributed by atoms with Crippen molar-refractivity contribution in [1.29, 1.82) is 0 Å². The Morgan fingerprint density at radius 1 is 1.05 bits per heavy atom. The Labute approximate surface area is 237 Å². The van der Waals surface area contributed by atoms with E-state index >= 15 is 0 Å². The van der Waals surface area contributed by atoms with Crippen LogP contribution < -0.4 is 4.90 Å². The molecule has 7 nitrogen and oxygen atoms in total. The van der Waals surface area contributed by atoms with Crippen molar-refractivity contribution in [3.05, 3.63) is 53.3 Å². The van der Waals surface area contributed by atoms with Crippen molar-refractivity contribution >= 4 is 23.2 Å². The van der Waals surface area contributed by atoms with Crippen LogP contribution in [-0.2, 0) is 10.2 Å². The monoisotopic (exact) mass is 561 g/mol. The molecule has 1 aromatic carbocycles. The van der Waals surface area contributed by atoms with E-state index in [2.05, 4.69) is 20.1 Å². The summed E-state index contributed by atoms with van der Waals surface area (Å²) in [5.41, 5.74) is 1.62. The maximum atomic E-state index is 14.9. The van der Waals surface area contributed by atoms with Crippen molar-refractivity contribution < 1.29 is 13.7 Å². The molecule has 1 amide bonds. The number of halogens is 2. The first-order valence-corrected chi connectivity index (χ1v) is 15.1. The summed E-state index contributed by atoms with van der Waals surface area (Å²) in [6.45, 7) is 0.648. The van der Waals surface area contributed by atoms with Crippen LogP contribution in [0.3, 0.4) is 0 Å². The highest BCUT2D eigenvalue weighted by atomic mass is 35.5. The number of nitrogens with zero attached hydrogens (tertiary/aromatic N) is 5. The normalized spacial score (nSPS) is 34.0. The predicted octanol–water partition coefficient (Wildman–Crippen LogP) is 6.82. The van der Waals surface area contributed by atoms with Gasteiger partial charge in [-0.05, 0) is 118 Å². The fraction of sp³-hybridized carbons (Fsp3) is 0.581. The number of aromatic nitrogens is 4. The van der Waals surface area contributed by atoms with E-state index in [1.165, 1.54) is 0 Å². The smallest absolute Gasteiger partial charge is 0.258 e. The van der Waals surface area contributed by atoms with Crippen LogP contribution in [0.5, 0.6) is 0 Å². The van der Waals surface area contributed by atoms with Gasteiger partial charge in [-0.15, -0.1) is 0 Å². The summed E-state index contributed by atoms with van der Waals surface area (Å²) >= 11 is 6.15. The molecule has 7 aliphatic carbocycles. The summed E-state index contributed by atoms with van der Waals surface area (Å²) in [5.74, 6) is 1.65. The third-order valence-electron chi connectivity index (χ3n) is 10.8. The van der Waals surface area contributed by atoms with E-state index in [1.54, 1.807) is 6.20 Å². The Kier molecular flexibility index (Phi) is 5.48. The summed E-state index contributed by atoms with van der Waals surface area (Å²) in [7, 11) is 0. The molecule has 0 saturated heterocycles. The fourth-order valence-electron chi connectivity index (χ4n) is 8.19. The zero-order chi connectivity index (χ0) is 27.1. The number of fused-ring (bicyclic) bond motifs is 4. The Balaban J connectivity index is 1.09. The summed E-state index contributed by atoms with van der Waals surface area (Å²) < 4.78 is 20.5. The third-order valence-corrected chi connectivity index (χ3v) is 11.0. The standard InChI is InChI=1S/C31H33ClFN5O2/c32-28-34-13-6-24(35-28)30-10-7-29(8-11-30,9-12-30)18-38(27(39)23-17-31(33)15-21(23)16-31)22-3-1-2-20(14-22)26-36-25(37-40-26)19-4-5-19/h1-3,6,13-14,19,21,23H,4-5,7-12,15-18H2/t21?,23-,29?,30?,31?/m0/s1. The molecule has 7 fully saturated rings. The third kappa shape index (κ3) is 4.08. The second-order valence-corrected chi connectivity index (χ2v) is 13.7. The number of rotatable bonds is 7. The zero-order valence-electron chi connectivity index (χ0n) is 22.5. The molecular formula is C31H33ClFN5O2. The highest BCUT2D eigenvalue weighted by Gasteiger charge is 2.60. The Morgan fingerprint density at radius 2 is 1.82 bits per heavy atom. The van der Waals surface area contributed by atoms with E-state index in [0.29, 0.717) is 42.9 Å². The first kappa shape index (κ1) is 24.9. The molecule has 2 heterocycles. The van der Waals surface area contributed by atoms with Crippen molar-refractivity contribution in [1.82, 2.24) is 20.1 Å². The van der Waals surface area contributed by atoms with Gasteiger partial charge in [0.15, 0.2) is 5.82 Å². The van der Waals surface area contributed by atoms with Crippen molar-refractivity contribution in [3.63, 3.8) is 0 Å². The number of benzene rings is 1. The topological polar surface area (TPSA) is 85.0 Å². The van der Waals surface area contributed by atoms with Crippen molar-refractivity contribution in [3.8, 4) is 11.5 Å². The first-order chi connectivity index (χ1) is 19.3. The van der Waals surface area contributed by atoms with Crippen LogP contribution in [0.1, 0.15) is 88.1 Å². The lowest BCUT2D eigenvalue weighted by atomic mass is 9.52. The molecule has 3 aromatic rings. The quantitative estimate of drug-likeness (QED) is 0.294. The maximum Gasteiger partial charge on any atom is 0.258 e. The largest absolute Gasteiger partial charge is 0.334 e. The molecule has 10 rings (SSSR count). The maximum absolute atomic E-state index is 14.9. The molecule has 0 radical (unpaired) electrons. The summed E-state index contributed by atoms with van der Waals surface area (Å²) in [5, 5.41) is 4.49. The molecule has 2 aromatic heterocycles. The lowest BCUT2D eigenvalue weighted by Gasteiger charge is -2.54. The van der Waals surface area contributed by atoms with Gasteiger partial charge in [0.25, 0.3) is 5.89 Å². The Bertz CT molecular complexity index is 1460. The van der Waals surface area contributed by atoms with Gasteiger partial charge in [-0.2, -0.15) is 4.98 Å². The average molecular weight is 562 g/mol. The minimum absolute atomic E-state index is 0.0306. The minimum atomic E-state index is -1.14. The molecule has 7 saturated carbocycles. The first-order valence-electron chi connectivity index (χ1n) is 14.8. The van der Waals surface area contributed by atoms with Gasteiger partial charge in [0.2, 0.25) is 11.2 Å². The van der Waals surface area contributed by atoms with E-state index in [9.17, 15) is 9.18 Å². The van der Waals surface area contributed by atoms with Crippen LogP contribution >= 0.6 is 11.6 Å². The summed E-state index contributed by atoms with van der Waals surface area (Å²) in [6, 6.07) is 9.93. The second kappa shape index (κ2) is 8.81.